The van der Waals surface area contributed by atoms with E-state index in [1.165, 1.54) is 25.7 Å². The quantitative estimate of drug-likeness (QED) is 0.717. The van der Waals surface area contributed by atoms with E-state index in [4.69, 9.17) is 5.73 Å². The first-order valence-electron chi connectivity index (χ1n) is 8.29. The average molecular weight is 283 g/mol. The zero-order chi connectivity index (χ0) is 15.0. The van der Waals surface area contributed by atoms with Gasteiger partial charge < -0.3 is 11.1 Å². The molecule has 0 aromatic carbocycles. The van der Waals surface area contributed by atoms with Crippen molar-refractivity contribution in [2.75, 3.05) is 26.2 Å². The van der Waals surface area contributed by atoms with E-state index in [-0.39, 0.29) is 11.4 Å². The van der Waals surface area contributed by atoms with Crippen molar-refractivity contribution in [3.8, 4) is 0 Å². The summed E-state index contributed by atoms with van der Waals surface area (Å²) in [7, 11) is 0. The van der Waals surface area contributed by atoms with E-state index in [0.29, 0.717) is 19.5 Å². The van der Waals surface area contributed by atoms with Gasteiger partial charge in [-0.25, -0.2) is 0 Å². The third-order valence-electron chi connectivity index (χ3n) is 4.59. The van der Waals surface area contributed by atoms with Gasteiger partial charge in [0.25, 0.3) is 0 Å². The molecule has 118 valence electrons. The lowest BCUT2D eigenvalue weighted by molar-refractivity contribution is -0.121. The molecule has 0 aromatic rings. The second-order valence-corrected chi connectivity index (χ2v) is 6.32. The highest BCUT2D eigenvalue weighted by atomic mass is 16.1. The van der Waals surface area contributed by atoms with Crippen LogP contribution in [0.1, 0.15) is 59.3 Å². The van der Waals surface area contributed by atoms with Gasteiger partial charge in [0.15, 0.2) is 0 Å². The van der Waals surface area contributed by atoms with Crippen LogP contribution in [-0.4, -0.2) is 42.5 Å². The minimum atomic E-state index is 0.125. The van der Waals surface area contributed by atoms with Crippen LogP contribution in [-0.2, 0) is 4.79 Å². The molecule has 4 heteroatoms. The summed E-state index contributed by atoms with van der Waals surface area (Å²) in [5.74, 6) is 0.903. The number of nitrogens with zero attached hydrogens (tertiary/aromatic N) is 1. The Morgan fingerprint density at radius 3 is 2.70 bits per heavy atom. The Bertz CT molecular complexity index is 295. The number of hydrogen-bond donors (Lipinski definition) is 2. The van der Waals surface area contributed by atoms with Crippen LogP contribution < -0.4 is 11.1 Å². The normalized spacial score (nSPS) is 26.8. The number of rotatable bonds is 8. The minimum Gasteiger partial charge on any atom is -0.356 e. The highest BCUT2D eigenvalue weighted by Crippen LogP contribution is 2.36. The van der Waals surface area contributed by atoms with E-state index in [9.17, 15) is 4.79 Å². The molecule has 1 amide bonds. The van der Waals surface area contributed by atoms with Crippen molar-refractivity contribution in [3.05, 3.63) is 0 Å². The number of nitrogens with one attached hydrogen (secondary N) is 1. The molecule has 0 heterocycles. The summed E-state index contributed by atoms with van der Waals surface area (Å²) < 4.78 is 0. The van der Waals surface area contributed by atoms with Crippen molar-refractivity contribution >= 4 is 5.91 Å². The Labute approximate surface area is 124 Å². The summed E-state index contributed by atoms with van der Waals surface area (Å²) >= 11 is 0. The lowest BCUT2D eigenvalue weighted by Gasteiger charge is -2.48. The second kappa shape index (κ2) is 8.63. The molecule has 1 fully saturated rings. The Morgan fingerprint density at radius 1 is 1.40 bits per heavy atom. The number of amides is 1. The van der Waals surface area contributed by atoms with Crippen LogP contribution in [0.5, 0.6) is 0 Å². The molecule has 2 atom stereocenters. The first kappa shape index (κ1) is 17.4. The van der Waals surface area contributed by atoms with Crippen LogP contribution in [0.15, 0.2) is 0 Å². The van der Waals surface area contributed by atoms with Crippen molar-refractivity contribution in [1.29, 1.82) is 0 Å². The summed E-state index contributed by atoms with van der Waals surface area (Å²) in [6.45, 7) is 9.81. The molecule has 20 heavy (non-hydrogen) atoms. The second-order valence-electron chi connectivity index (χ2n) is 6.32. The smallest absolute Gasteiger partial charge is 0.221 e. The Balaban J connectivity index is 2.68. The van der Waals surface area contributed by atoms with Crippen LogP contribution in [0, 0.1) is 5.92 Å². The van der Waals surface area contributed by atoms with Crippen LogP contribution in [0.2, 0.25) is 0 Å². The van der Waals surface area contributed by atoms with Gasteiger partial charge in [0.2, 0.25) is 5.91 Å². The van der Waals surface area contributed by atoms with E-state index in [0.717, 1.165) is 25.4 Å². The zero-order valence-corrected chi connectivity index (χ0v) is 13.6. The van der Waals surface area contributed by atoms with E-state index in [2.05, 4.69) is 24.1 Å². The monoisotopic (exact) mass is 283 g/mol. The fourth-order valence-electron chi connectivity index (χ4n) is 3.61. The first-order chi connectivity index (χ1) is 9.57. The molecule has 0 aliphatic heterocycles. The van der Waals surface area contributed by atoms with Gasteiger partial charge in [-0.3, -0.25) is 9.69 Å². The van der Waals surface area contributed by atoms with Crippen molar-refractivity contribution < 1.29 is 4.79 Å². The molecule has 4 nitrogen and oxygen atoms in total. The summed E-state index contributed by atoms with van der Waals surface area (Å²) in [6, 6.07) is 0. The number of hydrogen-bond acceptors (Lipinski definition) is 3. The number of carbonyl (C=O) groups is 1. The standard InChI is InChI=1S/C16H33N3O/c1-4-10-19(11-8-15(20)18-5-2)16(13-17)9-6-7-14(3)12-16/h14H,4-13,17H2,1-3H3,(H,18,20). The largest absolute Gasteiger partial charge is 0.356 e. The SMILES string of the molecule is CCCN(CCC(=O)NCC)C1(CN)CCCC(C)C1. The van der Waals surface area contributed by atoms with E-state index < -0.39 is 0 Å². The molecule has 1 saturated carbocycles. The highest BCUT2D eigenvalue weighted by Gasteiger charge is 2.38. The molecule has 1 aliphatic carbocycles. The summed E-state index contributed by atoms with van der Waals surface area (Å²) in [4.78, 5) is 14.2. The molecule has 2 unspecified atom stereocenters. The first-order valence-corrected chi connectivity index (χ1v) is 8.29. The Kier molecular flexibility index (Phi) is 7.52. The minimum absolute atomic E-state index is 0.125. The molecule has 1 rings (SSSR count). The Morgan fingerprint density at radius 2 is 2.15 bits per heavy atom. The lowest BCUT2D eigenvalue weighted by atomic mass is 9.75. The predicted molar refractivity (Wildman–Crippen MR) is 84.6 cm³/mol. The fourth-order valence-corrected chi connectivity index (χ4v) is 3.61. The van der Waals surface area contributed by atoms with Crippen molar-refractivity contribution in [3.63, 3.8) is 0 Å². The Hall–Kier alpha value is -0.610. The number of carbonyl (C=O) groups excluding carboxylic acids is 1. The maximum absolute atomic E-state index is 11.7. The summed E-state index contributed by atoms with van der Waals surface area (Å²) in [6.07, 6.45) is 6.65. The molecule has 0 spiro atoms. The van der Waals surface area contributed by atoms with Crippen LogP contribution >= 0.6 is 0 Å². The maximum atomic E-state index is 11.7. The molecule has 3 N–H and O–H groups in total. The van der Waals surface area contributed by atoms with E-state index in [1.807, 2.05) is 6.92 Å². The lowest BCUT2D eigenvalue weighted by Crippen LogP contribution is -2.57. The molecule has 0 bridgehead atoms. The van der Waals surface area contributed by atoms with Gasteiger partial charge in [0, 0.05) is 31.6 Å². The van der Waals surface area contributed by atoms with Crippen molar-refractivity contribution in [2.45, 2.75) is 64.8 Å². The predicted octanol–water partition coefficient (Wildman–Crippen LogP) is 2.13. The van der Waals surface area contributed by atoms with Gasteiger partial charge >= 0.3 is 0 Å². The van der Waals surface area contributed by atoms with Crippen LogP contribution in [0.4, 0.5) is 0 Å². The third-order valence-corrected chi connectivity index (χ3v) is 4.59. The zero-order valence-electron chi connectivity index (χ0n) is 13.6. The third kappa shape index (κ3) is 4.74. The van der Waals surface area contributed by atoms with Gasteiger partial charge in [-0.15, -0.1) is 0 Å². The molecule has 0 saturated heterocycles. The molecular formula is C16H33N3O. The fraction of sp³-hybridized carbons (Fsp3) is 0.938. The van der Waals surface area contributed by atoms with E-state index >= 15 is 0 Å². The van der Waals surface area contributed by atoms with Crippen molar-refractivity contribution in [1.82, 2.24) is 10.2 Å². The van der Waals surface area contributed by atoms with Gasteiger partial charge in [0.1, 0.15) is 0 Å². The molecule has 0 radical (unpaired) electrons. The summed E-state index contributed by atoms with van der Waals surface area (Å²) in [5.41, 5.74) is 6.28. The molecule has 1 aliphatic rings. The van der Waals surface area contributed by atoms with E-state index in [1.54, 1.807) is 0 Å². The molecular weight excluding hydrogens is 250 g/mol. The highest BCUT2D eigenvalue weighted by molar-refractivity contribution is 5.75. The van der Waals surface area contributed by atoms with Crippen molar-refractivity contribution in [2.24, 2.45) is 11.7 Å². The topological polar surface area (TPSA) is 58.4 Å². The maximum Gasteiger partial charge on any atom is 0.221 e. The number of nitrogens with two attached hydrogens (primary N) is 1. The van der Waals surface area contributed by atoms with Gasteiger partial charge in [-0.05, 0) is 38.6 Å². The van der Waals surface area contributed by atoms with Crippen LogP contribution in [0.3, 0.4) is 0 Å². The van der Waals surface area contributed by atoms with Gasteiger partial charge in [-0.2, -0.15) is 0 Å². The van der Waals surface area contributed by atoms with Gasteiger partial charge in [0.05, 0.1) is 0 Å². The average Bonchev–Trinajstić information content (AvgIpc) is 2.43. The molecule has 0 aromatic heterocycles. The summed E-state index contributed by atoms with van der Waals surface area (Å²) in [5, 5.41) is 2.89. The van der Waals surface area contributed by atoms with Crippen LogP contribution in [0.25, 0.3) is 0 Å². The van der Waals surface area contributed by atoms with Gasteiger partial charge in [-0.1, -0.05) is 26.7 Å².